The van der Waals surface area contributed by atoms with Crippen LogP contribution in [0.15, 0.2) is 30.3 Å². The van der Waals surface area contributed by atoms with Crippen molar-refractivity contribution in [2.24, 2.45) is 11.7 Å². The first-order valence-electron chi connectivity index (χ1n) is 6.89. The molecule has 0 spiro atoms. The third kappa shape index (κ3) is 3.81. The van der Waals surface area contributed by atoms with Crippen molar-refractivity contribution in [1.29, 1.82) is 0 Å². The average Bonchev–Trinajstić information content (AvgIpc) is 2.86. The van der Waals surface area contributed by atoms with E-state index < -0.39 is 12.0 Å². The summed E-state index contributed by atoms with van der Waals surface area (Å²) >= 11 is 0. The lowest BCUT2D eigenvalue weighted by Gasteiger charge is -2.17. The molecule has 0 aliphatic heterocycles. The number of carboxylic acid groups (broad SMARTS) is 1. The van der Waals surface area contributed by atoms with Crippen molar-refractivity contribution in [2.45, 2.75) is 37.8 Å². The zero-order chi connectivity index (χ0) is 14.5. The summed E-state index contributed by atoms with van der Waals surface area (Å²) in [7, 11) is 0. The van der Waals surface area contributed by atoms with Gasteiger partial charge in [0, 0.05) is 18.4 Å². The average molecular weight is 276 g/mol. The lowest BCUT2D eigenvalue weighted by atomic mass is 10.0. The topological polar surface area (TPSA) is 92.4 Å². The Hall–Kier alpha value is -1.88. The van der Waals surface area contributed by atoms with Gasteiger partial charge in [-0.2, -0.15) is 0 Å². The number of carboxylic acids is 1. The van der Waals surface area contributed by atoms with Crippen molar-refractivity contribution in [3.63, 3.8) is 0 Å². The molecule has 5 heteroatoms. The Labute approximate surface area is 118 Å². The minimum atomic E-state index is -1.01. The van der Waals surface area contributed by atoms with Gasteiger partial charge in [-0.15, -0.1) is 0 Å². The maximum absolute atomic E-state index is 12.1. The van der Waals surface area contributed by atoms with Crippen LogP contribution >= 0.6 is 0 Å². The fourth-order valence-corrected chi connectivity index (χ4v) is 2.59. The monoisotopic (exact) mass is 276 g/mol. The SMILES string of the molecule is NC1CCC(C(=O)N[C@H](Cc2ccccc2)C(=O)O)C1. The van der Waals surface area contributed by atoms with Crippen LogP contribution in [0.5, 0.6) is 0 Å². The van der Waals surface area contributed by atoms with Crippen LogP contribution in [-0.2, 0) is 16.0 Å². The van der Waals surface area contributed by atoms with Crippen LogP contribution in [0.1, 0.15) is 24.8 Å². The zero-order valence-electron chi connectivity index (χ0n) is 11.3. The molecule has 0 bridgehead atoms. The van der Waals surface area contributed by atoms with Gasteiger partial charge in [-0.05, 0) is 24.8 Å². The largest absolute Gasteiger partial charge is 0.480 e. The fourth-order valence-electron chi connectivity index (χ4n) is 2.59. The van der Waals surface area contributed by atoms with Crippen molar-refractivity contribution in [1.82, 2.24) is 5.32 Å². The number of hydrogen-bond acceptors (Lipinski definition) is 3. The van der Waals surface area contributed by atoms with Gasteiger partial charge < -0.3 is 16.2 Å². The summed E-state index contributed by atoms with van der Waals surface area (Å²) < 4.78 is 0. The summed E-state index contributed by atoms with van der Waals surface area (Å²) in [6.07, 6.45) is 2.50. The van der Waals surface area contributed by atoms with Crippen LogP contribution in [0.25, 0.3) is 0 Å². The number of rotatable bonds is 5. The Morgan fingerprint density at radius 2 is 2.00 bits per heavy atom. The van der Waals surface area contributed by atoms with Gasteiger partial charge in [0.05, 0.1) is 0 Å². The Morgan fingerprint density at radius 3 is 2.55 bits per heavy atom. The van der Waals surface area contributed by atoms with Crippen molar-refractivity contribution in [3.05, 3.63) is 35.9 Å². The summed E-state index contributed by atoms with van der Waals surface area (Å²) in [6.45, 7) is 0. The highest BCUT2D eigenvalue weighted by atomic mass is 16.4. The molecule has 3 atom stereocenters. The summed E-state index contributed by atoms with van der Waals surface area (Å²) in [5.41, 5.74) is 6.67. The molecule has 1 aliphatic rings. The molecule has 1 aromatic carbocycles. The van der Waals surface area contributed by atoms with Crippen LogP contribution in [0.2, 0.25) is 0 Å². The van der Waals surface area contributed by atoms with Crippen molar-refractivity contribution >= 4 is 11.9 Å². The van der Waals surface area contributed by atoms with Crippen molar-refractivity contribution in [2.75, 3.05) is 0 Å². The summed E-state index contributed by atoms with van der Waals surface area (Å²) in [6, 6.07) is 8.46. The van der Waals surface area contributed by atoms with E-state index in [-0.39, 0.29) is 17.9 Å². The lowest BCUT2D eigenvalue weighted by Crippen LogP contribution is -2.44. The smallest absolute Gasteiger partial charge is 0.326 e. The molecule has 1 fully saturated rings. The first-order valence-corrected chi connectivity index (χ1v) is 6.89. The van der Waals surface area contributed by atoms with Crippen LogP contribution in [0.4, 0.5) is 0 Å². The first-order chi connectivity index (χ1) is 9.56. The van der Waals surface area contributed by atoms with Crippen LogP contribution in [-0.4, -0.2) is 29.1 Å². The second-order valence-electron chi connectivity index (χ2n) is 5.36. The van der Waals surface area contributed by atoms with Gasteiger partial charge >= 0.3 is 5.97 Å². The van der Waals surface area contributed by atoms with Gasteiger partial charge in [-0.25, -0.2) is 4.79 Å². The molecule has 4 N–H and O–H groups in total. The molecule has 2 unspecified atom stereocenters. The Bertz CT molecular complexity index is 475. The second-order valence-corrected chi connectivity index (χ2v) is 5.36. The molecule has 0 saturated heterocycles. The van der Waals surface area contributed by atoms with Crippen molar-refractivity contribution < 1.29 is 14.7 Å². The van der Waals surface area contributed by atoms with E-state index in [1.165, 1.54) is 0 Å². The van der Waals surface area contributed by atoms with E-state index in [0.29, 0.717) is 12.8 Å². The van der Waals surface area contributed by atoms with E-state index in [1.807, 2.05) is 30.3 Å². The minimum Gasteiger partial charge on any atom is -0.480 e. The molecule has 1 saturated carbocycles. The summed E-state index contributed by atoms with van der Waals surface area (Å²) in [5, 5.41) is 11.9. The maximum Gasteiger partial charge on any atom is 0.326 e. The fraction of sp³-hybridized carbons (Fsp3) is 0.467. The third-order valence-electron chi connectivity index (χ3n) is 3.74. The van der Waals surface area contributed by atoms with E-state index in [1.54, 1.807) is 0 Å². The second kappa shape index (κ2) is 6.52. The van der Waals surface area contributed by atoms with Gasteiger partial charge in [0.1, 0.15) is 6.04 Å². The predicted octanol–water partition coefficient (Wildman–Crippen LogP) is 0.926. The molecule has 108 valence electrons. The Morgan fingerprint density at radius 1 is 1.30 bits per heavy atom. The molecule has 1 amide bonds. The highest BCUT2D eigenvalue weighted by Crippen LogP contribution is 2.24. The summed E-state index contributed by atoms with van der Waals surface area (Å²) in [4.78, 5) is 23.3. The molecule has 5 nitrogen and oxygen atoms in total. The molecule has 1 aromatic rings. The van der Waals surface area contributed by atoms with Gasteiger partial charge in [-0.3, -0.25) is 4.79 Å². The van der Waals surface area contributed by atoms with Crippen LogP contribution in [0, 0.1) is 5.92 Å². The molecule has 1 aliphatic carbocycles. The zero-order valence-corrected chi connectivity index (χ0v) is 11.3. The van der Waals surface area contributed by atoms with Gasteiger partial charge in [0.25, 0.3) is 0 Å². The molecule has 2 rings (SSSR count). The number of amides is 1. The highest BCUT2D eigenvalue weighted by Gasteiger charge is 2.30. The molecular formula is C15H20N2O3. The van der Waals surface area contributed by atoms with E-state index in [4.69, 9.17) is 5.73 Å². The predicted molar refractivity (Wildman–Crippen MR) is 75.0 cm³/mol. The van der Waals surface area contributed by atoms with Crippen LogP contribution < -0.4 is 11.1 Å². The number of aliphatic carboxylic acids is 1. The van der Waals surface area contributed by atoms with Gasteiger partial charge in [-0.1, -0.05) is 30.3 Å². The molecule has 0 heterocycles. The number of carbonyl (C=O) groups excluding carboxylic acids is 1. The van der Waals surface area contributed by atoms with Crippen LogP contribution in [0.3, 0.4) is 0 Å². The van der Waals surface area contributed by atoms with Gasteiger partial charge in [0.2, 0.25) is 5.91 Å². The number of benzene rings is 1. The Balaban J connectivity index is 1.96. The van der Waals surface area contributed by atoms with Crippen molar-refractivity contribution in [3.8, 4) is 0 Å². The first kappa shape index (κ1) is 14.5. The van der Waals surface area contributed by atoms with E-state index in [0.717, 1.165) is 18.4 Å². The molecule has 0 aromatic heterocycles. The van der Waals surface area contributed by atoms with Gasteiger partial charge in [0.15, 0.2) is 0 Å². The molecule has 20 heavy (non-hydrogen) atoms. The van der Waals surface area contributed by atoms with E-state index >= 15 is 0 Å². The standard InChI is InChI=1S/C15H20N2O3/c16-12-7-6-11(9-12)14(18)17-13(15(19)20)8-10-4-2-1-3-5-10/h1-5,11-13H,6-9,16H2,(H,17,18)(H,19,20)/t11?,12?,13-/m1/s1. The number of nitrogens with one attached hydrogen (secondary N) is 1. The lowest BCUT2D eigenvalue weighted by molar-refractivity contribution is -0.142. The normalized spacial score (nSPS) is 23.2. The third-order valence-corrected chi connectivity index (χ3v) is 3.74. The molecular weight excluding hydrogens is 256 g/mol. The number of carbonyl (C=O) groups is 2. The van der Waals surface area contributed by atoms with E-state index in [9.17, 15) is 14.7 Å². The maximum atomic E-state index is 12.1. The number of hydrogen-bond donors (Lipinski definition) is 3. The molecule has 0 radical (unpaired) electrons. The van der Waals surface area contributed by atoms with E-state index in [2.05, 4.69) is 5.32 Å². The Kier molecular flexibility index (Phi) is 4.74. The highest BCUT2D eigenvalue weighted by molar-refractivity contribution is 5.85. The summed E-state index contributed by atoms with van der Waals surface area (Å²) in [5.74, 6) is -1.35. The number of nitrogens with two attached hydrogens (primary N) is 1. The minimum absolute atomic E-state index is 0.0585. The quantitative estimate of drug-likeness (QED) is 0.746.